The Morgan fingerprint density at radius 3 is 2.60 bits per heavy atom. The van der Waals surface area contributed by atoms with Crippen molar-refractivity contribution in [3.63, 3.8) is 0 Å². The number of unbranched alkanes of at least 4 members (excludes halogenated alkanes) is 2. The van der Waals surface area contributed by atoms with Gasteiger partial charge in [0.15, 0.2) is 0 Å². The van der Waals surface area contributed by atoms with E-state index in [1.54, 1.807) is 0 Å². The normalized spacial score (nSPS) is 19.1. The van der Waals surface area contributed by atoms with Crippen molar-refractivity contribution in [3.8, 4) is 0 Å². The summed E-state index contributed by atoms with van der Waals surface area (Å²) in [6.45, 7) is 8.88. The number of pyridine rings is 1. The van der Waals surface area contributed by atoms with Crippen LogP contribution in [-0.4, -0.2) is 37.7 Å². The van der Waals surface area contributed by atoms with E-state index < -0.39 is 0 Å². The van der Waals surface area contributed by atoms with Crippen molar-refractivity contribution in [2.45, 2.75) is 70.8 Å². The highest BCUT2D eigenvalue weighted by Crippen LogP contribution is 2.29. The second-order valence-corrected chi connectivity index (χ2v) is 9.96. The molecule has 0 unspecified atom stereocenters. The molecule has 35 heavy (non-hydrogen) atoms. The molecule has 0 bridgehead atoms. The molecule has 3 N–H and O–H groups in total. The molecule has 4 rings (SSSR count). The molecule has 2 heterocycles. The van der Waals surface area contributed by atoms with E-state index in [1.165, 1.54) is 62.6 Å². The van der Waals surface area contributed by atoms with Gasteiger partial charge in [-0.3, -0.25) is 15.0 Å². The topological polar surface area (TPSA) is 73.7 Å². The number of anilines is 2. The minimum absolute atomic E-state index is 0.531. The number of rotatable bonds is 12. The van der Waals surface area contributed by atoms with Crippen LogP contribution in [0.15, 0.2) is 47.0 Å². The third-order valence-electron chi connectivity index (χ3n) is 7.34. The van der Waals surface area contributed by atoms with Crippen LogP contribution < -0.4 is 26.7 Å². The van der Waals surface area contributed by atoms with Gasteiger partial charge in [-0.2, -0.15) is 0 Å². The third kappa shape index (κ3) is 7.06. The summed E-state index contributed by atoms with van der Waals surface area (Å²) in [4.78, 5) is 14.1. The molecular formula is C29H42N6. The fourth-order valence-corrected chi connectivity index (χ4v) is 5.19. The molecule has 1 saturated carbocycles. The molecule has 1 aromatic heterocycles. The van der Waals surface area contributed by atoms with Gasteiger partial charge in [0.1, 0.15) is 0 Å². The van der Waals surface area contributed by atoms with Crippen LogP contribution in [0, 0.1) is 5.92 Å². The molecule has 188 valence electrons. The summed E-state index contributed by atoms with van der Waals surface area (Å²) < 4.78 is 0. The zero-order chi connectivity index (χ0) is 24.5. The standard InChI is InChI=1S/C29H42N6/c1-4-5-6-15-31-26-18-23(29-28(19-26)32-16-17-33-29)10-7-22-8-11-24(12-9-22)35-25-13-14-27(34-20-25)21(2)30-3/h13-14,18-20,22,24,30-31,35H,2,4-12,15-17H2,1,3H3. The molecule has 0 saturated heterocycles. The summed E-state index contributed by atoms with van der Waals surface area (Å²) >= 11 is 0. The van der Waals surface area contributed by atoms with E-state index in [9.17, 15) is 0 Å². The number of nitrogens with zero attached hydrogens (tertiary/aromatic N) is 3. The molecular weight excluding hydrogens is 432 g/mol. The Bertz CT molecular complexity index is 1080. The fourth-order valence-electron chi connectivity index (χ4n) is 5.19. The lowest BCUT2D eigenvalue weighted by Crippen LogP contribution is -2.34. The van der Waals surface area contributed by atoms with Gasteiger partial charge in [0.25, 0.3) is 0 Å². The second kappa shape index (κ2) is 12.7. The van der Waals surface area contributed by atoms with E-state index in [2.05, 4.69) is 52.6 Å². The first-order valence-electron chi connectivity index (χ1n) is 13.5. The van der Waals surface area contributed by atoms with Crippen LogP contribution in [0.25, 0.3) is 5.70 Å². The van der Waals surface area contributed by atoms with E-state index in [1.807, 2.05) is 19.3 Å². The number of aryl methyl sites for hydroxylation is 1. The van der Waals surface area contributed by atoms with Gasteiger partial charge in [0.05, 0.1) is 47.1 Å². The van der Waals surface area contributed by atoms with Crippen molar-refractivity contribution in [1.82, 2.24) is 10.3 Å². The second-order valence-electron chi connectivity index (χ2n) is 9.96. The van der Waals surface area contributed by atoms with Crippen molar-refractivity contribution in [2.75, 3.05) is 37.3 Å². The third-order valence-corrected chi connectivity index (χ3v) is 7.34. The van der Waals surface area contributed by atoms with Crippen LogP contribution >= 0.6 is 0 Å². The van der Waals surface area contributed by atoms with E-state index in [0.717, 1.165) is 59.8 Å². The van der Waals surface area contributed by atoms with Crippen LogP contribution in [0.5, 0.6) is 0 Å². The molecule has 0 amide bonds. The van der Waals surface area contributed by atoms with Crippen molar-refractivity contribution >= 4 is 17.1 Å². The summed E-state index contributed by atoms with van der Waals surface area (Å²) in [5, 5.41) is 12.6. The van der Waals surface area contributed by atoms with Crippen LogP contribution in [0.2, 0.25) is 0 Å². The molecule has 1 aliphatic carbocycles. The molecule has 1 fully saturated rings. The predicted molar refractivity (Wildman–Crippen MR) is 147 cm³/mol. The highest BCUT2D eigenvalue weighted by Gasteiger charge is 2.21. The summed E-state index contributed by atoms with van der Waals surface area (Å²) in [7, 11) is 1.87. The average Bonchev–Trinajstić information content (AvgIpc) is 2.90. The van der Waals surface area contributed by atoms with Gasteiger partial charge in [-0.25, -0.2) is 0 Å². The van der Waals surface area contributed by atoms with Gasteiger partial charge in [0, 0.05) is 25.3 Å². The van der Waals surface area contributed by atoms with Crippen molar-refractivity contribution in [1.29, 1.82) is 0 Å². The highest BCUT2D eigenvalue weighted by atomic mass is 14.9. The monoisotopic (exact) mass is 474 g/mol. The van der Waals surface area contributed by atoms with Gasteiger partial charge in [-0.15, -0.1) is 0 Å². The minimum Gasteiger partial charge on any atom is -0.387 e. The van der Waals surface area contributed by atoms with Gasteiger partial charge in [-0.1, -0.05) is 26.3 Å². The minimum atomic E-state index is 0.531. The molecule has 0 radical (unpaired) electrons. The molecule has 1 aromatic carbocycles. The molecule has 6 nitrogen and oxygen atoms in total. The number of aromatic nitrogens is 1. The Morgan fingerprint density at radius 2 is 1.86 bits per heavy atom. The maximum atomic E-state index is 4.84. The Balaban J connectivity index is 1.29. The largest absolute Gasteiger partial charge is 0.387 e. The SMILES string of the molecule is C=C(NC)c1ccc(NC2CCC(CCc3cc(NCCCCC)cc4c3=NCCN=4)CC2)cn1. The Labute approximate surface area is 210 Å². The first kappa shape index (κ1) is 25.2. The highest BCUT2D eigenvalue weighted by molar-refractivity contribution is 5.59. The molecule has 0 atom stereocenters. The van der Waals surface area contributed by atoms with Crippen molar-refractivity contribution in [3.05, 3.63) is 59.0 Å². The number of benzene rings is 1. The van der Waals surface area contributed by atoms with Crippen molar-refractivity contribution < 1.29 is 0 Å². The van der Waals surface area contributed by atoms with Gasteiger partial charge in [-0.05, 0) is 80.7 Å². The zero-order valence-corrected chi connectivity index (χ0v) is 21.6. The number of hydrogen-bond donors (Lipinski definition) is 3. The van der Waals surface area contributed by atoms with E-state index >= 15 is 0 Å². The Hall–Kier alpha value is -2.89. The van der Waals surface area contributed by atoms with E-state index in [4.69, 9.17) is 9.98 Å². The number of fused-ring (bicyclic) bond motifs is 1. The Morgan fingerprint density at radius 1 is 1.03 bits per heavy atom. The lowest BCUT2D eigenvalue weighted by Gasteiger charge is -2.30. The molecule has 2 aromatic rings. The average molecular weight is 475 g/mol. The van der Waals surface area contributed by atoms with Crippen LogP contribution in [0.1, 0.15) is 69.5 Å². The molecule has 0 spiro atoms. The quantitative estimate of drug-likeness (QED) is 0.389. The lowest BCUT2D eigenvalue weighted by molar-refractivity contribution is 0.321. The zero-order valence-electron chi connectivity index (χ0n) is 21.6. The van der Waals surface area contributed by atoms with E-state index in [-0.39, 0.29) is 0 Å². The summed E-state index contributed by atoms with van der Waals surface area (Å²) in [5.74, 6) is 0.782. The smallest absolute Gasteiger partial charge is 0.0860 e. The fraction of sp³-hybridized carbons (Fsp3) is 0.552. The van der Waals surface area contributed by atoms with Crippen LogP contribution in [0.3, 0.4) is 0 Å². The van der Waals surface area contributed by atoms with Crippen LogP contribution in [-0.2, 0) is 6.42 Å². The maximum Gasteiger partial charge on any atom is 0.0860 e. The van der Waals surface area contributed by atoms with Gasteiger partial charge in [0.2, 0.25) is 0 Å². The summed E-state index contributed by atoms with van der Waals surface area (Å²) in [5.41, 5.74) is 5.42. The molecule has 2 aliphatic rings. The van der Waals surface area contributed by atoms with Crippen LogP contribution in [0.4, 0.5) is 11.4 Å². The van der Waals surface area contributed by atoms with Gasteiger partial charge < -0.3 is 16.0 Å². The lowest BCUT2D eigenvalue weighted by atomic mass is 9.82. The first-order chi connectivity index (χ1) is 17.2. The van der Waals surface area contributed by atoms with Gasteiger partial charge >= 0.3 is 0 Å². The predicted octanol–water partition coefficient (Wildman–Crippen LogP) is 4.73. The first-order valence-corrected chi connectivity index (χ1v) is 13.5. The summed E-state index contributed by atoms with van der Waals surface area (Å²) in [6, 6.07) is 9.20. The van der Waals surface area contributed by atoms with E-state index in [0.29, 0.717) is 6.04 Å². The maximum absolute atomic E-state index is 4.84. The molecule has 1 aliphatic heterocycles. The number of nitrogens with one attached hydrogen (secondary N) is 3. The number of hydrogen-bond acceptors (Lipinski definition) is 6. The van der Waals surface area contributed by atoms with Crippen molar-refractivity contribution in [2.24, 2.45) is 15.9 Å². The summed E-state index contributed by atoms with van der Waals surface area (Å²) in [6.07, 6.45) is 13.0. The Kier molecular flexibility index (Phi) is 9.15. The molecule has 6 heteroatoms.